The van der Waals surface area contributed by atoms with Crippen molar-refractivity contribution in [3.63, 3.8) is 0 Å². The molecule has 0 amide bonds. The third-order valence-electron chi connectivity index (χ3n) is 1.81. The molecule has 0 saturated heterocycles. The Morgan fingerprint density at radius 3 is 2.71 bits per heavy atom. The van der Waals surface area contributed by atoms with E-state index < -0.39 is 5.97 Å². The zero-order chi connectivity index (χ0) is 10.7. The highest BCUT2D eigenvalue weighted by Gasteiger charge is 2.15. The second-order valence-corrected chi connectivity index (χ2v) is 2.98. The van der Waals surface area contributed by atoms with Gasteiger partial charge in [-0.3, -0.25) is 0 Å². The molecule has 0 fully saturated rings. The number of halogens is 1. The van der Waals surface area contributed by atoms with Gasteiger partial charge in [0.15, 0.2) is 0 Å². The van der Waals surface area contributed by atoms with Gasteiger partial charge in [0.05, 0.1) is 16.1 Å². The quantitative estimate of drug-likeness (QED) is 0.772. The van der Waals surface area contributed by atoms with Crippen molar-refractivity contribution in [2.75, 3.05) is 0 Å². The molecule has 1 aromatic carbocycles. The van der Waals surface area contributed by atoms with Gasteiger partial charge in [0, 0.05) is 6.54 Å². The van der Waals surface area contributed by atoms with Crippen LogP contribution in [0, 0.1) is 11.3 Å². The van der Waals surface area contributed by atoms with Crippen molar-refractivity contribution in [1.29, 1.82) is 5.26 Å². The molecular weight excluding hydrogens is 204 g/mol. The highest BCUT2D eigenvalue weighted by atomic mass is 35.5. The number of rotatable bonds is 2. The minimum absolute atomic E-state index is 0.0217. The lowest BCUT2D eigenvalue weighted by Gasteiger charge is -2.06. The topological polar surface area (TPSA) is 87.1 Å². The van der Waals surface area contributed by atoms with Crippen LogP contribution in [0.4, 0.5) is 0 Å². The maximum absolute atomic E-state index is 10.8. The van der Waals surface area contributed by atoms with Gasteiger partial charge in [-0.05, 0) is 17.7 Å². The summed E-state index contributed by atoms with van der Waals surface area (Å²) in [6, 6.07) is 4.55. The predicted molar refractivity (Wildman–Crippen MR) is 51.0 cm³/mol. The largest absolute Gasteiger partial charge is 0.478 e. The van der Waals surface area contributed by atoms with E-state index in [9.17, 15) is 4.79 Å². The highest BCUT2D eigenvalue weighted by Crippen LogP contribution is 2.22. The Morgan fingerprint density at radius 2 is 2.29 bits per heavy atom. The van der Waals surface area contributed by atoms with Crippen LogP contribution in [0.25, 0.3) is 0 Å². The molecule has 3 N–H and O–H groups in total. The Bertz CT molecular complexity index is 424. The van der Waals surface area contributed by atoms with Crippen LogP contribution in [0.15, 0.2) is 12.1 Å². The first-order valence-electron chi connectivity index (χ1n) is 3.76. The maximum Gasteiger partial charge on any atom is 0.336 e. The van der Waals surface area contributed by atoms with Gasteiger partial charge in [0.25, 0.3) is 0 Å². The Morgan fingerprint density at radius 1 is 1.64 bits per heavy atom. The SMILES string of the molecule is N#Cc1c(Cl)ccc(C(=O)O)c1CN. The number of nitrogens with zero attached hydrogens (tertiary/aromatic N) is 1. The minimum Gasteiger partial charge on any atom is -0.478 e. The molecular formula is C9H7ClN2O2. The number of hydrogen-bond donors (Lipinski definition) is 2. The molecule has 4 nitrogen and oxygen atoms in total. The lowest BCUT2D eigenvalue weighted by Crippen LogP contribution is -2.09. The van der Waals surface area contributed by atoms with Crippen LogP contribution in [0.3, 0.4) is 0 Å². The summed E-state index contributed by atoms with van der Waals surface area (Å²) in [5.74, 6) is -1.11. The van der Waals surface area contributed by atoms with Crippen molar-refractivity contribution >= 4 is 17.6 Å². The fourth-order valence-electron chi connectivity index (χ4n) is 1.15. The van der Waals surface area contributed by atoms with Crippen LogP contribution in [-0.4, -0.2) is 11.1 Å². The van der Waals surface area contributed by atoms with Crippen molar-refractivity contribution < 1.29 is 9.90 Å². The van der Waals surface area contributed by atoms with Crippen molar-refractivity contribution in [2.24, 2.45) is 5.73 Å². The second-order valence-electron chi connectivity index (χ2n) is 2.57. The van der Waals surface area contributed by atoms with Crippen LogP contribution < -0.4 is 5.73 Å². The van der Waals surface area contributed by atoms with Gasteiger partial charge >= 0.3 is 5.97 Å². The van der Waals surface area contributed by atoms with Gasteiger partial charge < -0.3 is 10.8 Å². The normalized spacial score (nSPS) is 9.50. The molecule has 0 spiro atoms. The summed E-state index contributed by atoms with van der Waals surface area (Å²) in [6.45, 7) is -0.0227. The number of carbonyl (C=O) groups is 1. The Hall–Kier alpha value is -1.57. The van der Waals surface area contributed by atoms with Crippen molar-refractivity contribution in [1.82, 2.24) is 0 Å². The Balaban J connectivity index is 3.50. The van der Waals surface area contributed by atoms with E-state index >= 15 is 0 Å². The number of nitrogens with two attached hydrogens (primary N) is 1. The van der Waals surface area contributed by atoms with Gasteiger partial charge in [-0.25, -0.2) is 4.79 Å². The standard InChI is InChI=1S/C9H7ClN2O2/c10-8-2-1-5(9(13)14)6(3-11)7(8)4-12/h1-2H,3,11H2,(H,13,14). The Labute approximate surface area is 85.5 Å². The third-order valence-corrected chi connectivity index (χ3v) is 2.12. The van der Waals surface area contributed by atoms with E-state index in [1.165, 1.54) is 12.1 Å². The third kappa shape index (κ3) is 1.69. The van der Waals surface area contributed by atoms with Gasteiger partial charge in [-0.15, -0.1) is 0 Å². The molecule has 0 aliphatic heterocycles. The molecule has 0 saturated carbocycles. The molecule has 0 radical (unpaired) electrons. The first-order valence-corrected chi connectivity index (χ1v) is 4.14. The van der Waals surface area contributed by atoms with Crippen LogP contribution in [0.2, 0.25) is 5.02 Å². The lowest BCUT2D eigenvalue weighted by atomic mass is 10.0. The van der Waals surface area contributed by atoms with E-state index in [2.05, 4.69) is 0 Å². The highest BCUT2D eigenvalue weighted by molar-refractivity contribution is 6.32. The summed E-state index contributed by atoms with van der Waals surface area (Å²) in [7, 11) is 0. The molecule has 0 unspecified atom stereocenters. The number of aromatic carboxylic acids is 1. The molecule has 0 aromatic heterocycles. The van der Waals surface area contributed by atoms with Gasteiger partial charge in [0.2, 0.25) is 0 Å². The number of carboxylic acid groups (broad SMARTS) is 1. The molecule has 72 valence electrons. The minimum atomic E-state index is -1.11. The first-order chi connectivity index (χ1) is 6.61. The van der Waals surface area contributed by atoms with E-state index in [0.29, 0.717) is 0 Å². The summed E-state index contributed by atoms with van der Waals surface area (Å²) in [4.78, 5) is 10.8. The summed E-state index contributed by atoms with van der Waals surface area (Å²) in [6.07, 6.45) is 0. The summed E-state index contributed by atoms with van der Waals surface area (Å²) in [5.41, 5.74) is 5.79. The predicted octanol–water partition coefficient (Wildman–Crippen LogP) is 1.37. The van der Waals surface area contributed by atoms with Crippen molar-refractivity contribution in [3.05, 3.63) is 33.8 Å². The maximum atomic E-state index is 10.8. The smallest absolute Gasteiger partial charge is 0.336 e. The first kappa shape index (κ1) is 10.5. The summed E-state index contributed by atoms with van der Waals surface area (Å²) in [5, 5.41) is 17.8. The Kier molecular flexibility index (Phi) is 3.07. The fraction of sp³-hybridized carbons (Fsp3) is 0.111. The molecule has 0 bridgehead atoms. The fourth-order valence-corrected chi connectivity index (χ4v) is 1.37. The zero-order valence-electron chi connectivity index (χ0n) is 7.12. The monoisotopic (exact) mass is 210 g/mol. The molecule has 5 heteroatoms. The van der Waals surface area contributed by atoms with E-state index in [-0.39, 0.29) is 28.3 Å². The molecule has 1 rings (SSSR count). The van der Waals surface area contributed by atoms with E-state index in [1.807, 2.05) is 6.07 Å². The number of hydrogen-bond acceptors (Lipinski definition) is 3. The van der Waals surface area contributed by atoms with E-state index in [0.717, 1.165) is 0 Å². The number of carboxylic acids is 1. The number of benzene rings is 1. The number of nitriles is 1. The second kappa shape index (κ2) is 4.09. The molecule has 0 aliphatic carbocycles. The van der Waals surface area contributed by atoms with Gasteiger partial charge in [0.1, 0.15) is 6.07 Å². The van der Waals surface area contributed by atoms with Crippen LogP contribution in [0.5, 0.6) is 0 Å². The van der Waals surface area contributed by atoms with Crippen LogP contribution in [0.1, 0.15) is 21.5 Å². The van der Waals surface area contributed by atoms with Gasteiger partial charge in [-0.2, -0.15) is 5.26 Å². The summed E-state index contributed by atoms with van der Waals surface area (Å²) < 4.78 is 0. The van der Waals surface area contributed by atoms with Gasteiger partial charge in [-0.1, -0.05) is 11.6 Å². The average Bonchev–Trinajstić information content (AvgIpc) is 2.16. The van der Waals surface area contributed by atoms with Crippen molar-refractivity contribution in [3.8, 4) is 6.07 Å². The zero-order valence-corrected chi connectivity index (χ0v) is 7.88. The van der Waals surface area contributed by atoms with Crippen LogP contribution >= 0.6 is 11.6 Å². The molecule has 0 aliphatic rings. The molecule has 0 atom stereocenters. The molecule has 1 aromatic rings. The summed E-state index contributed by atoms with van der Waals surface area (Å²) >= 11 is 5.71. The van der Waals surface area contributed by atoms with Crippen molar-refractivity contribution in [2.45, 2.75) is 6.54 Å². The van der Waals surface area contributed by atoms with E-state index in [4.69, 9.17) is 27.7 Å². The van der Waals surface area contributed by atoms with Crippen LogP contribution in [-0.2, 0) is 6.54 Å². The molecule has 0 heterocycles. The lowest BCUT2D eigenvalue weighted by molar-refractivity contribution is 0.0695. The average molecular weight is 211 g/mol. The molecule has 14 heavy (non-hydrogen) atoms. The van der Waals surface area contributed by atoms with E-state index in [1.54, 1.807) is 0 Å².